The van der Waals surface area contributed by atoms with Gasteiger partial charge in [0.2, 0.25) is 11.8 Å². The second-order valence-electron chi connectivity index (χ2n) is 3.49. The van der Waals surface area contributed by atoms with E-state index in [0.29, 0.717) is 13.1 Å². The molecule has 1 rings (SSSR count). The minimum Gasteiger partial charge on any atom is -0.353 e. The summed E-state index contributed by atoms with van der Waals surface area (Å²) in [6.45, 7) is 3.27. The highest BCUT2D eigenvalue weighted by Gasteiger charge is 2.29. The fourth-order valence-electron chi connectivity index (χ4n) is 1.52. The van der Waals surface area contributed by atoms with Gasteiger partial charge in [0.15, 0.2) is 0 Å². The van der Waals surface area contributed by atoms with Gasteiger partial charge in [0.05, 0.1) is 12.6 Å². The zero-order chi connectivity index (χ0) is 10.6. The molecule has 0 aromatic carbocycles. The zero-order valence-corrected chi connectivity index (χ0v) is 8.67. The Morgan fingerprint density at radius 2 is 2.21 bits per heavy atom. The predicted molar refractivity (Wildman–Crippen MR) is 52.7 cm³/mol. The summed E-state index contributed by atoms with van der Waals surface area (Å²) in [6, 6.07) is 0.202. The van der Waals surface area contributed by atoms with E-state index in [4.69, 9.17) is 0 Å². The van der Waals surface area contributed by atoms with Crippen molar-refractivity contribution < 1.29 is 9.59 Å². The van der Waals surface area contributed by atoms with Gasteiger partial charge in [-0.05, 0) is 13.5 Å². The van der Waals surface area contributed by atoms with Crippen molar-refractivity contribution in [2.24, 2.45) is 0 Å². The van der Waals surface area contributed by atoms with Crippen molar-refractivity contribution in [3.05, 3.63) is 0 Å². The summed E-state index contributed by atoms with van der Waals surface area (Å²) in [5.74, 6) is 0.0621. The molecule has 0 spiro atoms. The van der Waals surface area contributed by atoms with E-state index in [9.17, 15) is 9.59 Å². The van der Waals surface area contributed by atoms with E-state index in [2.05, 4.69) is 10.6 Å². The molecule has 5 heteroatoms. The average molecular weight is 199 g/mol. The van der Waals surface area contributed by atoms with Gasteiger partial charge in [-0.1, -0.05) is 0 Å². The molecule has 1 heterocycles. The normalized spacial score (nSPS) is 20.1. The van der Waals surface area contributed by atoms with Crippen LogP contribution in [0.15, 0.2) is 0 Å². The molecule has 0 radical (unpaired) electrons. The first-order chi connectivity index (χ1) is 6.65. The van der Waals surface area contributed by atoms with E-state index in [1.54, 1.807) is 18.9 Å². The Morgan fingerprint density at radius 3 is 2.64 bits per heavy atom. The lowest BCUT2D eigenvalue weighted by Crippen LogP contribution is -2.55. The molecular weight excluding hydrogens is 182 g/mol. The molecule has 0 bridgehead atoms. The fourth-order valence-corrected chi connectivity index (χ4v) is 1.52. The molecule has 80 valence electrons. The van der Waals surface area contributed by atoms with Gasteiger partial charge >= 0.3 is 0 Å². The van der Waals surface area contributed by atoms with E-state index in [-0.39, 0.29) is 17.9 Å². The molecule has 1 aliphatic heterocycles. The third-order valence-corrected chi connectivity index (χ3v) is 2.42. The van der Waals surface area contributed by atoms with E-state index < -0.39 is 0 Å². The van der Waals surface area contributed by atoms with Gasteiger partial charge in [-0.3, -0.25) is 9.59 Å². The standard InChI is InChI=1S/C9H17N3O2/c1-7(13)12-4-3-8(12)5-11-9(14)6-10-2/h8,10H,3-6H2,1-2H3,(H,11,14). The maximum Gasteiger partial charge on any atom is 0.234 e. The summed E-state index contributed by atoms with van der Waals surface area (Å²) < 4.78 is 0. The Morgan fingerprint density at radius 1 is 1.50 bits per heavy atom. The first-order valence-corrected chi connectivity index (χ1v) is 4.83. The van der Waals surface area contributed by atoms with Crippen LogP contribution in [0.25, 0.3) is 0 Å². The van der Waals surface area contributed by atoms with Crippen LogP contribution in [-0.2, 0) is 9.59 Å². The number of amides is 2. The third-order valence-electron chi connectivity index (χ3n) is 2.42. The summed E-state index contributed by atoms with van der Waals surface area (Å²) in [7, 11) is 1.73. The van der Waals surface area contributed by atoms with Gasteiger partial charge in [0.1, 0.15) is 0 Å². The monoisotopic (exact) mass is 199 g/mol. The number of hydrogen-bond donors (Lipinski definition) is 2. The molecule has 0 aromatic heterocycles. The van der Waals surface area contributed by atoms with E-state index in [0.717, 1.165) is 13.0 Å². The Hall–Kier alpha value is -1.10. The number of nitrogens with one attached hydrogen (secondary N) is 2. The fraction of sp³-hybridized carbons (Fsp3) is 0.778. The minimum absolute atomic E-state index is 0.0251. The maximum atomic E-state index is 11.1. The molecule has 14 heavy (non-hydrogen) atoms. The average Bonchev–Trinajstić information content (AvgIpc) is 2.01. The second kappa shape index (κ2) is 4.95. The summed E-state index contributed by atoms with van der Waals surface area (Å²) in [5.41, 5.74) is 0. The van der Waals surface area contributed by atoms with Crippen LogP contribution in [0, 0.1) is 0 Å². The molecule has 0 saturated carbocycles. The molecule has 1 aliphatic rings. The van der Waals surface area contributed by atoms with E-state index >= 15 is 0 Å². The molecule has 1 unspecified atom stereocenters. The number of likely N-dealkylation sites (tertiary alicyclic amines) is 1. The van der Waals surface area contributed by atoms with Gasteiger partial charge < -0.3 is 15.5 Å². The van der Waals surface area contributed by atoms with Crippen molar-refractivity contribution in [3.63, 3.8) is 0 Å². The highest BCUT2D eigenvalue weighted by Crippen LogP contribution is 2.15. The number of carbonyl (C=O) groups is 2. The second-order valence-corrected chi connectivity index (χ2v) is 3.49. The molecule has 1 saturated heterocycles. The van der Waals surface area contributed by atoms with E-state index in [1.807, 2.05) is 0 Å². The molecule has 5 nitrogen and oxygen atoms in total. The SMILES string of the molecule is CNCC(=O)NCC1CCN1C(C)=O. The van der Waals surface area contributed by atoms with Crippen LogP contribution in [0.3, 0.4) is 0 Å². The Balaban J connectivity index is 2.19. The van der Waals surface area contributed by atoms with Crippen molar-refractivity contribution >= 4 is 11.8 Å². The summed E-state index contributed by atoms with van der Waals surface area (Å²) in [5, 5.41) is 5.54. The van der Waals surface area contributed by atoms with Crippen LogP contribution in [0.4, 0.5) is 0 Å². The summed E-state index contributed by atoms with van der Waals surface area (Å²) in [6.07, 6.45) is 0.986. The van der Waals surface area contributed by atoms with Crippen LogP contribution in [-0.4, -0.2) is 49.4 Å². The lowest BCUT2D eigenvalue weighted by molar-refractivity contribution is -0.137. The minimum atomic E-state index is -0.0251. The molecule has 0 aliphatic carbocycles. The molecular formula is C9H17N3O2. The Kier molecular flexibility index (Phi) is 3.88. The quantitative estimate of drug-likeness (QED) is 0.607. The predicted octanol–water partition coefficient (Wildman–Crippen LogP) is -1.06. The molecule has 2 amide bonds. The Labute approximate surface area is 83.8 Å². The number of hydrogen-bond acceptors (Lipinski definition) is 3. The van der Waals surface area contributed by atoms with Gasteiger partial charge in [-0.15, -0.1) is 0 Å². The highest BCUT2D eigenvalue weighted by molar-refractivity contribution is 5.78. The summed E-state index contributed by atoms with van der Waals surface area (Å²) >= 11 is 0. The van der Waals surface area contributed by atoms with Crippen LogP contribution in [0.1, 0.15) is 13.3 Å². The lowest BCUT2D eigenvalue weighted by Gasteiger charge is -2.40. The number of likely N-dealkylation sites (N-methyl/N-ethyl adjacent to an activating group) is 1. The van der Waals surface area contributed by atoms with Crippen molar-refractivity contribution in [1.29, 1.82) is 0 Å². The lowest BCUT2D eigenvalue weighted by atomic mass is 10.0. The first-order valence-electron chi connectivity index (χ1n) is 4.83. The highest BCUT2D eigenvalue weighted by atomic mass is 16.2. The van der Waals surface area contributed by atoms with Gasteiger partial charge in [-0.2, -0.15) is 0 Å². The van der Waals surface area contributed by atoms with Gasteiger partial charge in [0.25, 0.3) is 0 Å². The molecule has 0 aromatic rings. The smallest absolute Gasteiger partial charge is 0.234 e. The van der Waals surface area contributed by atoms with Crippen LogP contribution in [0.2, 0.25) is 0 Å². The van der Waals surface area contributed by atoms with Crippen molar-refractivity contribution in [2.75, 3.05) is 26.7 Å². The van der Waals surface area contributed by atoms with Crippen LogP contribution in [0.5, 0.6) is 0 Å². The zero-order valence-electron chi connectivity index (χ0n) is 8.67. The van der Waals surface area contributed by atoms with Crippen LogP contribution < -0.4 is 10.6 Å². The van der Waals surface area contributed by atoms with Gasteiger partial charge in [-0.25, -0.2) is 0 Å². The summed E-state index contributed by atoms with van der Waals surface area (Å²) in [4.78, 5) is 23.9. The topological polar surface area (TPSA) is 61.4 Å². The number of rotatable bonds is 4. The van der Waals surface area contributed by atoms with Gasteiger partial charge in [0, 0.05) is 20.0 Å². The van der Waals surface area contributed by atoms with Crippen molar-refractivity contribution in [2.45, 2.75) is 19.4 Å². The Bertz CT molecular complexity index is 230. The largest absolute Gasteiger partial charge is 0.353 e. The molecule has 1 fully saturated rings. The molecule has 2 N–H and O–H groups in total. The van der Waals surface area contributed by atoms with Crippen LogP contribution >= 0.6 is 0 Å². The van der Waals surface area contributed by atoms with Crippen molar-refractivity contribution in [3.8, 4) is 0 Å². The first kappa shape index (κ1) is 11.0. The van der Waals surface area contributed by atoms with E-state index in [1.165, 1.54) is 0 Å². The number of nitrogens with zero attached hydrogens (tertiary/aromatic N) is 1. The number of carbonyl (C=O) groups excluding carboxylic acids is 2. The molecule has 1 atom stereocenters. The van der Waals surface area contributed by atoms with Crippen molar-refractivity contribution in [1.82, 2.24) is 15.5 Å². The third kappa shape index (κ3) is 2.70. The maximum absolute atomic E-state index is 11.1.